The third-order valence-electron chi connectivity index (χ3n) is 9.00. The maximum absolute atomic E-state index is 12.6. The van der Waals surface area contributed by atoms with Crippen molar-refractivity contribution in [2.24, 2.45) is 5.73 Å². The van der Waals surface area contributed by atoms with E-state index >= 15 is 0 Å². The Kier molecular flexibility index (Phi) is 38.6. The molecule has 0 heterocycles. The van der Waals surface area contributed by atoms with Crippen LogP contribution in [-0.4, -0.2) is 49.3 Å². The summed E-state index contributed by atoms with van der Waals surface area (Å²) < 4.78 is 32.7. The number of hydrogen-bond donors (Lipinski definition) is 2. The maximum Gasteiger partial charge on any atom is 0.472 e. The quantitative estimate of drug-likeness (QED) is 0.0270. The number of phosphoric acid groups is 1. The second kappa shape index (κ2) is 39.9. The van der Waals surface area contributed by atoms with Crippen LogP contribution in [0, 0.1) is 0 Å². The second-order valence-electron chi connectivity index (χ2n) is 14.2. The first-order chi connectivity index (χ1) is 25.8. The largest absolute Gasteiger partial charge is 0.472 e. The van der Waals surface area contributed by atoms with E-state index in [1.54, 1.807) is 0 Å². The standard InChI is InChI=1S/C43H80NO8P/c1-3-5-7-9-11-13-15-17-19-20-22-24-26-28-30-32-34-36-43(46)52-41(40-51-53(47,48)50-38-37-44)39-49-42(45)35-33-31-29-27-25-23-21-18-16-14-12-10-8-6-4-2/h11,13,17-19,21,41H,3-10,12,14-16,20,22-40,44H2,1-2H3,(H,47,48)/b13-11+,19-17+,21-18+/t41-/m1/s1. The summed E-state index contributed by atoms with van der Waals surface area (Å²) in [6.07, 6.45) is 43.1. The highest BCUT2D eigenvalue weighted by molar-refractivity contribution is 7.47. The van der Waals surface area contributed by atoms with Crippen LogP contribution in [0.3, 0.4) is 0 Å². The fourth-order valence-electron chi connectivity index (χ4n) is 5.78. The molecule has 310 valence electrons. The predicted molar refractivity (Wildman–Crippen MR) is 220 cm³/mol. The number of phosphoric ester groups is 1. The van der Waals surface area contributed by atoms with E-state index in [1.165, 1.54) is 89.9 Å². The van der Waals surface area contributed by atoms with Gasteiger partial charge in [0.05, 0.1) is 13.2 Å². The van der Waals surface area contributed by atoms with Crippen LogP contribution in [0.25, 0.3) is 0 Å². The van der Waals surface area contributed by atoms with Crippen molar-refractivity contribution in [2.75, 3.05) is 26.4 Å². The summed E-state index contributed by atoms with van der Waals surface area (Å²) in [7, 11) is -4.38. The summed E-state index contributed by atoms with van der Waals surface area (Å²) in [4.78, 5) is 34.8. The van der Waals surface area contributed by atoms with E-state index in [9.17, 15) is 19.0 Å². The maximum atomic E-state index is 12.6. The number of unbranched alkanes of at least 4 members (excludes halogenated alkanes) is 21. The first kappa shape index (κ1) is 51.2. The molecule has 0 saturated carbocycles. The number of ether oxygens (including phenoxy) is 2. The van der Waals surface area contributed by atoms with E-state index in [2.05, 4.69) is 50.3 Å². The highest BCUT2D eigenvalue weighted by Gasteiger charge is 2.26. The molecule has 0 aliphatic heterocycles. The van der Waals surface area contributed by atoms with E-state index < -0.39 is 32.5 Å². The van der Waals surface area contributed by atoms with Gasteiger partial charge in [0.2, 0.25) is 0 Å². The molecule has 0 aromatic carbocycles. The SMILES string of the molecule is CCCCC/C=C/C/C=C/CCCCCCCCCC(=O)O[C@H](COC(=O)CCCCCCC/C=C/CCCCCCCC)COP(=O)(O)OCCN. The van der Waals surface area contributed by atoms with Gasteiger partial charge < -0.3 is 20.1 Å². The van der Waals surface area contributed by atoms with Crippen molar-refractivity contribution in [2.45, 2.75) is 200 Å². The number of nitrogens with two attached hydrogens (primary N) is 1. The monoisotopic (exact) mass is 770 g/mol. The van der Waals surface area contributed by atoms with E-state index in [1.807, 2.05) is 0 Å². The Hall–Kier alpha value is -1.77. The lowest BCUT2D eigenvalue weighted by molar-refractivity contribution is -0.161. The Labute approximate surface area is 324 Å². The Bertz CT molecular complexity index is 970. The van der Waals surface area contributed by atoms with Crippen molar-refractivity contribution < 1.29 is 37.6 Å². The van der Waals surface area contributed by atoms with Gasteiger partial charge in [0.15, 0.2) is 6.10 Å². The number of esters is 2. The van der Waals surface area contributed by atoms with Crippen LogP contribution >= 0.6 is 7.82 Å². The van der Waals surface area contributed by atoms with Crippen molar-refractivity contribution in [1.82, 2.24) is 0 Å². The third-order valence-corrected chi connectivity index (χ3v) is 9.98. The van der Waals surface area contributed by atoms with E-state index in [4.69, 9.17) is 24.3 Å². The second-order valence-corrected chi connectivity index (χ2v) is 15.7. The zero-order chi connectivity index (χ0) is 38.9. The van der Waals surface area contributed by atoms with Crippen LogP contribution in [0.2, 0.25) is 0 Å². The summed E-state index contributed by atoms with van der Waals surface area (Å²) >= 11 is 0. The lowest BCUT2D eigenvalue weighted by Gasteiger charge is -2.19. The molecule has 0 rings (SSSR count). The molecule has 0 spiro atoms. The number of carbonyl (C=O) groups is 2. The van der Waals surface area contributed by atoms with Crippen LogP contribution in [-0.2, 0) is 32.7 Å². The lowest BCUT2D eigenvalue weighted by atomic mass is 10.1. The molecule has 2 atom stereocenters. The van der Waals surface area contributed by atoms with E-state index in [0.717, 1.165) is 70.6 Å². The van der Waals surface area contributed by atoms with Crippen LogP contribution in [0.15, 0.2) is 36.5 Å². The Morgan fingerprint density at radius 2 is 0.981 bits per heavy atom. The molecule has 3 N–H and O–H groups in total. The molecule has 1 unspecified atom stereocenters. The fourth-order valence-corrected chi connectivity index (χ4v) is 6.54. The molecule has 9 nitrogen and oxygen atoms in total. The van der Waals surface area contributed by atoms with Crippen molar-refractivity contribution in [3.63, 3.8) is 0 Å². The molecule has 0 bridgehead atoms. The number of allylic oxidation sites excluding steroid dienone is 6. The molecule has 53 heavy (non-hydrogen) atoms. The lowest BCUT2D eigenvalue weighted by Crippen LogP contribution is -2.29. The zero-order valence-corrected chi connectivity index (χ0v) is 34.9. The minimum Gasteiger partial charge on any atom is -0.462 e. The van der Waals surface area contributed by atoms with Gasteiger partial charge in [-0.3, -0.25) is 18.6 Å². The summed E-state index contributed by atoms with van der Waals surface area (Å²) in [5, 5.41) is 0. The molecular weight excluding hydrogens is 689 g/mol. The minimum atomic E-state index is -4.38. The van der Waals surface area contributed by atoms with Gasteiger partial charge in [0.1, 0.15) is 6.61 Å². The first-order valence-corrected chi connectivity index (χ1v) is 23.0. The molecule has 0 aliphatic carbocycles. The fraction of sp³-hybridized carbons (Fsp3) is 0.814. The van der Waals surface area contributed by atoms with Gasteiger partial charge >= 0.3 is 19.8 Å². The number of hydrogen-bond acceptors (Lipinski definition) is 8. The number of carbonyl (C=O) groups excluding carboxylic acids is 2. The van der Waals surface area contributed by atoms with Crippen molar-refractivity contribution in [3.05, 3.63) is 36.5 Å². The molecular formula is C43H80NO8P. The van der Waals surface area contributed by atoms with E-state index in [0.29, 0.717) is 6.42 Å². The molecule has 0 aromatic heterocycles. The van der Waals surface area contributed by atoms with Gasteiger partial charge in [-0.05, 0) is 70.6 Å². The number of rotatable bonds is 40. The normalized spacial score (nSPS) is 13.7. The summed E-state index contributed by atoms with van der Waals surface area (Å²) in [5.74, 6) is -0.846. The summed E-state index contributed by atoms with van der Waals surface area (Å²) in [6, 6.07) is 0. The summed E-state index contributed by atoms with van der Waals surface area (Å²) in [5.41, 5.74) is 5.34. The molecule has 10 heteroatoms. The molecule has 0 fully saturated rings. The molecule has 0 saturated heterocycles. The smallest absolute Gasteiger partial charge is 0.462 e. The van der Waals surface area contributed by atoms with Crippen molar-refractivity contribution in [3.8, 4) is 0 Å². The van der Waals surface area contributed by atoms with Gasteiger partial charge in [-0.15, -0.1) is 0 Å². The van der Waals surface area contributed by atoms with Crippen LogP contribution < -0.4 is 5.73 Å². The molecule has 0 amide bonds. The predicted octanol–water partition coefficient (Wildman–Crippen LogP) is 12.2. The van der Waals surface area contributed by atoms with Gasteiger partial charge in [-0.2, -0.15) is 0 Å². The van der Waals surface area contributed by atoms with Crippen molar-refractivity contribution >= 4 is 19.8 Å². The Balaban J connectivity index is 4.18. The Morgan fingerprint density at radius 3 is 1.49 bits per heavy atom. The average molecular weight is 770 g/mol. The summed E-state index contributed by atoms with van der Waals surface area (Å²) in [6.45, 7) is 3.69. The molecule has 0 aliphatic rings. The van der Waals surface area contributed by atoms with Gasteiger partial charge in [0.25, 0.3) is 0 Å². The van der Waals surface area contributed by atoms with Crippen molar-refractivity contribution in [1.29, 1.82) is 0 Å². The van der Waals surface area contributed by atoms with Gasteiger partial charge in [-0.1, -0.05) is 147 Å². The molecule has 0 radical (unpaired) electrons. The van der Waals surface area contributed by atoms with Crippen LogP contribution in [0.1, 0.15) is 194 Å². The highest BCUT2D eigenvalue weighted by Crippen LogP contribution is 2.43. The van der Waals surface area contributed by atoms with Crippen LogP contribution in [0.5, 0.6) is 0 Å². The van der Waals surface area contributed by atoms with Crippen LogP contribution in [0.4, 0.5) is 0 Å². The zero-order valence-electron chi connectivity index (χ0n) is 34.0. The minimum absolute atomic E-state index is 0.0506. The average Bonchev–Trinajstić information content (AvgIpc) is 3.14. The van der Waals surface area contributed by atoms with Gasteiger partial charge in [-0.25, -0.2) is 4.57 Å². The van der Waals surface area contributed by atoms with Gasteiger partial charge in [0, 0.05) is 19.4 Å². The topological polar surface area (TPSA) is 134 Å². The highest BCUT2D eigenvalue weighted by atomic mass is 31.2. The first-order valence-electron chi connectivity index (χ1n) is 21.5. The molecule has 0 aromatic rings. The van der Waals surface area contributed by atoms with E-state index in [-0.39, 0.29) is 32.6 Å². The Morgan fingerprint density at radius 1 is 0.566 bits per heavy atom. The third kappa shape index (κ3) is 39.7.